The zero-order valence-corrected chi connectivity index (χ0v) is 18.5. The van der Waals surface area contributed by atoms with Gasteiger partial charge in [0.05, 0.1) is 17.5 Å². The number of likely N-dealkylation sites (tertiary alicyclic amines) is 1. The Morgan fingerprint density at radius 2 is 1.87 bits per heavy atom. The Morgan fingerprint density at radius 1 is 1.13 bits per heavy atom. The van der Waals surface area contributed by atoms with E-state index in [1.165, 1.54) is 5.56 Å². The lowest BCUT2D eigenvalue weighted by Crippen LogP contribution is -2.42. The van der Waals surface area contributed by atoms with Crippen molar-refractivity contribution in [2.75, 3.05) is 13.1 Å². The van der Waals surface area contributed by atoms with Gasteiger partial charge in [0.1, 0.15) is 11.9 Å². The molecule has 3 heterocycles. The quantitative estimate of drug-likeness (QED) is 0.634. The van der Waals surface area contributed by atoms with E-state index in [9.17, 15) is 4.79 Å². The second-order valence-electron chi connectivity index (χ2n) is 8.60. The first-order valence-electron chi connectivity index (χ1n) is 10.7. The van der Waals surface area contributed by atoms with Crippen LogP contribution in [-0.2, 0) is 0 Å². The SMILES string of the molecule is Cc1ccc(C)c(OC2CCN(C(=O)c3cc4cnn(C(C)C)c4nc3C)CC2)c1. The van der Waals surface area contributed by atoms with Crippen molar-refractivity contribution in [1.82, 2.24) is 19.7 Å². The maximum atomic E-state index is 13.2. The molecule has 3 aromatic rings. The fraction of sp³-hybridized carbons (Fsp3) is 0.458. The molecule has 30 heavy (non-hydrogen) atoms. The molecule has 1 aromatic carbocycles. The Labute approximate surface area is 177 Å². The highest BCUT2D eigenvalue weighted by Crippen LogP contribution is 2.25. The molecule has 1 aliphatic rings. The number of ether oxygens (including phenoxy) is 1. The van der Waals surface area contributed by atoms with Crippen LogP contribution >= 0.6 is 0 Å². The van der Waals surface area contributed by atoms with Crippen LogP contribution in [0.25, 0.3) is 11.0 Å². The third kappa shape index (κ3) is 3.91. The van der Waals surface area contributed by atoms with Crippen LogP contribution in [0.4, 0.5) is 0 Å². The molecule has 0 bridgehead atoms. The smallest absolute Gasteiger partial charge is 0.255 e. The van der Waals surface area contributed by atoms with Gasteiger partial charge in [0, 0.05) is 37.4 Å². The van der Waals surface area contributed by atoms with Crippen LogP contribution in [0.2, 0.25) is 0 Å². The Bertz CT molecular complexity index is 1080. The molecule has 158 valence electrons. The molecule has 0 aliphatic carbocycles. The van der Waals surface area contributed by atoms with E-state index < -0.39 is 0 Å². The standard InChI is InChI=1S/C24H30N4O2/c1-15(2)28-23-19(14-25-28)13-21(18(5)26-23)24(29)27-10-8-20(9-11-27)30-22-12-16(3)6-7-17(22)4/h6-7,12-15,20H,8-11H2,1-5H3. The van der Waals surface area contributed by atoms with Crippen LogP contribution in [0.15, 0.2) is 30.5 Å². The number of amides is 1. The summed E-state index contributed by atoms with van der Waals surface area (Å²) in [5.41, 5.74) is 4.60. The van der Waals surface area contributed by atoms with E-state index in [0.29, 0.717) is 18.7 Å². The minimum absolute atomic E-state index is 0.0457. The molecule has 1 amide bonds. The highest BCUT2D eigenvalue weighted by Gasteiger charge is 2.27. The number of benzene rings is 1. The number of pyridine rings is 1. The lowest BCUT2D eigenvalue weighted by atomic mass is 10.0. The van der Waals surface area contributed by atoms with Gasteiger partial charge in [0.2, 0.25) is 0 Å². The number of hydrogen-bond donors (Lipinski definition) is 0. The molecule has 0 unspecified atom stereocenters. The van der Waals surface area contributed by atoms with Crippen molar-refractivity contribution in [3.63, 3.8) is 0 Å². The molecule has 4 rings (SSSR count). The van der Waals surface area contributed by atoms with Gasteiger partial charge in [-0.05, 0) is 57.9 Å². The van der Waals surface area contributed by atoms with Crippen molar-refractivity contribution in [3.05, 3.63) is 52.8 Å². The highest BCUT2D eigenvalue weighted by atomic mass is 16.5. The molecule has 1 saturated heterocycles. The lowest BCUT2D eigenvalue weighted by molar-refractivity contribution is 0.0593. The average Bonchev–Trinajstić information content (AvgIpc) is 3.13. The predicted molar refractivity (Wildman–Crippen MR) is 118 cm³/mol. The minimum atomic E-state index is 0.0457. The van der Waals surface area contributed by atoms with E-state index in [4.69, 9.17) is 4.74 Å². The second-order valence-corrected chi connectivity index (χ2v) is 8.60. The predicted octanol–water partition coefficient (Wildman–Crippen LogP) is 4.62. The molecule has 6 heteroatoms. The van der Waals surface area contributed by atoms with Crippen LogP contribution in [0.1, 0.15) is 59.9 Å². The van der Waals surface area contributed by atoms with E-state index in [-0.39, 0.29) is 18.1 Å². The first kappa shape index (κ1) is 20.4. The lowest BCUT2D eigenvalue weighted by Gasteiger charge is -2.32. The van der Waals surface area contributed by atoms with E-state index >= 15 is 0 Å². The van der Waals surface area contributed by atoms with Gasteiger partial charge >= 0.3 is 0 Å². The summed E-state index contributed by atoms with van der Waals surface area (Å²) in [6, 6.07) is 8.45. The summed E-state index contributed by atoms with van der Waals surface area (Å²) in [6.07, 6.45) is 3.60. The monoisotopic (exact) mass is 406 g/mol. The number of carbonyl (C=O) groups excluding carboxylic acids is 1. The third-order valence-corrected chi connectivity index (χ3v) is 5.85. The number of aromatic nitrogens is 3. The molecule has 0 N–H and O–H groups in total. The number of fused-ring (bicyclic) bond motifs is 1. The summed E-state index contributed by atoms with van der Waals surface area (Å²) >= 11 is 0. The Kier molecular flexibility index (Phi) is 5.50. The fourth-order valence-electron chi connectivity index (χ4n) is 4.02. The summed E-state index contributed by atoms with van der Waals surface area (Å²) in [5.74, 6) is 0.997. The molecule has 1 aliphatic heterocycles. The van der Waals surface area contributed by atoms with Crippen LogP contribution < -0.4 is 4.74 Å². The van der Waals surface area contributed by atoms with Gasteiger partial charge in [0.25, 0.3) is 5.91 Å². The van der Waals surface area contributed by atoms with Crippen molar-refractivity contribution in [3.8, 4) is 5.75 Å². The van der Waals surface area contributed by atoms with Gasteiger partial charge in [-0.2, -0.15) is 5.10 Å². The number of carbonyl (C=O) groups is 1. The number of hydrogen-bond acceptors (Lipinski definition) is 4. The number of nitrogens with zero attached hydrogens (tertiary/aromatic N) is 4. The topological polar surface area (TPSA) is 60.2 Å². The highest BCUT2D eigenvalue weighted by molar-refractivity contribution is 5.98. The Hall–Kier alpha value is -2.89. The van der Waals surface area contributed by atoms with Crippen LogP contribution in [0, 0.1) is 20.8 Å². The van der Waals surface area contributed by atoms with Crippen molar-refractivity contribution < 1.29 is 9.53 Å². The molecular weight excluding hydrogens is 376 g/mol. The summed E-state index contributed by atoms with van der Waals surface area (Å²) in [5, 5.41) is 5.33. The molecule has 0 spiro atoms. The zero-order chi connectivity index (χ0) is 21.4. The van der Waals surface area contributed by atoms with E-state index in [0.717, 1.165) is 40.9 Å². The van der Waals surface area contributed by atoms with Crippen LogP contribution in [-0.4, -0.2) is 44.8 Å². The van der Waals surface area contributed by atoms with Crippen LogP contribution in [0.3, 0.4) is 0 Å². The van der Waals surface area contributed by atoms with Gasteiger partial charge in [-0.1, -0.05) is 12.1 Å². The summed E-state index contributed by atoms with van der Waals surface area (Å²) in [6.45, 7) is 11.6. The largest absolute Gasteiger partial charge is 0.490 e. The summed E-state index contributed by atoms with van der Waals surface area (Å²) in [7, 11) is 0. The maximum absolute atomic E-state index is 13.2. The van der Waals surface area contributed by atoms with Gasteiger partial charge in [-0.15, -0.1) is 0 Å². The van der Waals surface area contributed by atoms with Gasteiger partial charge in [-0.3, -0.25) is 4.79 Å². The third-order valence-electron chi connectivity index (χ3n) is 5.85. The Balaban J connectivity index is 1.45. The average molecular weight is 407 g/mol. The zero-order valence-electron chi connectivity index (χ0n) is 18.5. The van der Waals surface area contributed by atoms with Crippen molar-refractivity contribution in [1.29, 1.82) is 0 Å². The number of piperidine rings is 1. The molecule has 1 fully saturated rings. The molecule has 0 saturated carbocycles. The number of rotatable bonds is 4. The fourth-order valence-corrected chi connectivity index (χ4v) is 4.02. The van der Waals surface area contributed by atoms with Gasteiger partial charge in [-0.25, -0.2) is 9.67 Å². The van der Waals surface area contributed by atoms with E-state index in [2.05, 4.69) is 56.0 Å². The first-order chi connectivity index (χ1) is 14.3. The first-order valence-corrected chi connectivity index (χ1v) is 10.7. The molecule has 0 atom stereocenters. The molecular formula is C24H30N4O2. The summed E-state index contributed by atoms with van der Waals surface area (Å²) < 4.78 is 8.14. The maximum Gasteiger partial charge on any atom is 0.255 e. The Morgan fingerprint density at radius 3 is 2.57 bits per heavy atom. The minimum Gasteiger partial charge on any atom is -0.490 e. The van der Waals surface area contributed by atoms with Crippen LogP contribution in [0.5, 0.6) is 5.75 Å². The van der Waals surface area contributed by atoms with E-state index in [1.54, 1.807) is 6.20 Å². The molecule has 6 nitrogen and oxygen atoms in total. The number of aryl methyl sites for hydroxylation is 3. The van der Waals surface area contributed by atoms with E-state index in [1.807, 2.05) is 22.6 Å². The van der Waals surface area contributed by atoms with Gasteiger partial charge < -0.3 is 9.64 Å². The molecule has 2 aromatic heterocycles. The second kappa shape index (κ2) is 8.09. The molecule has 0 radical (unpaired) electrons. The normalized spacial score (nSPS) is 15.2. The summed E-state index contributed by atoms with van der Waals surface area (Å²) in [4.78, 5) is 19.8. The van der Waals surface area contributed by atoms with Crippen molar-refractivity contribution >= 4 is 16.9 Å². The van der Waals surface area contributed by atoms with Gasteiger partial charge in [0.15, 0.2) is 5.65 Å². The van der Waals surface area contributed by atoms with Crippen molar-refractivity contribution in [2.24, 2.45) is 0 Å². The van der Waals surface area contributed by atoms with Crippen molar-refractivity contribution in [2.45, 2.75) is 59.6 Å².